The van der Waals surface area contributed by atoms with Crippen LogP contribution in [0.25, 0.3) is 0 Å². The van der Waals surface area contributed by atoms with Crippen molar-refractivity contribution in [2.24, 2.45) is 5.14 Å². The number of hydrogen-bond acceptors (Lipinski definition) is 7. The minimum atomic E-state index is -4.13. The largest absolute Gasteiger partial charge is 0.444 e. The van der Waals surface area contributed by atoms with Crippen molar-refractivity contribution < 1.29 is 22.1 Å². The third-order valence-corrected chi connectivity index (χ3v) is 1.88. The molecule has 1 aromatic heterocycles. The van der Waals surface area contributed by atoms with Crippen LogP contribution in [0, 0.1) is 0 Å². The van der Waals surface area contributed by atoms with Gasteiger partial charge in [-0.2, -0.15) is 13.6 Å². The number of carbonyl (C=O) groups excluding carboxylic acids is 1. The average Bonchev–Trinajstić information content (AvgIpc) is 2.15. The molecule has 10 heteroatoms. The fourth-order valence-electron chi connectivity index (χ4n) is 0.953. The zero-order valence-electron chi connectivity index (χ0n) is 10.6. The van der Waals surface area contributed by atoms with E-state index in [9.17, 15) is 13.2 Å². The number of nitrogens with two attached hydrogens (primary N) is 1. The molecular weight excluding hydrogens is 276 g/mol. The summed E-state index contributed by atoms with van der Waals surface area (Å²) in [5.41, 5.74) is -0.652. The first-order chi connectivity index (χ1) is 8.55. The summed E-state index contributed by atoms with van der Waals surface area (Å²) in [7, 11) is -4.13. The molecule has 0 aliphatic rings. The molecule has 0 unspecified atom stereocenters. The van der Waals surface area contributed by atoms with Crippen LogP contribution in [0.1, 0.15) is 20.8 Å². The predicted molar refractivity (Wildman–Crippen MR) is 65.6 cm³/mol. The van der Waals surface area contributed by atoms with Gasteiger partial charge in [-0.05, 0) is 20.8 Å². The van der Waals surface area contributed by atoms with E-state index in [1.54, 1.807) is 20.8 Å². The molecule has 1 amide bonds. The van der Waals surface area contributed by atoms with Crippen molar-refractivity contribution in [1.29, 1.82) is 0 Å². The van der Waals surface area contributed by atoms with Crippen LogP contribution in [0.4, 0.5) is 10.7 Å². The molecule has 1 aromatic rings. The summed E-state index contributed by atoms with van der Waals surface area (Å²) < 4.78 is 30.6. The summed E-state index contributed by atoms with van der Waals surface area (Å²) in [6.45, 7) is 5.11. The lowest BCUT2D eigenvalue weighted by atomic mass is 10.2. The molecule has 0 aliphatic carbocycles. The van der Waals surface area contributed by atoms with Crippen molar-refractivity contribution in [2.45, 2.75) is 26.4 Å². The first kappa shape index (κ1) is 15.1. The normalized spacial score (nSPS) is 11.8. The first-order valence-corrected chi connectivity index (χ1v) is 6.56. The standard InChI is InChI=1S/C9H14N4O5S/c1-9(2,3)17-8(14)13-7-11-4-6(5-12-7)18-19(10,15)16/h4-5H,1-3H3,(H2,10,15,16)(H,11,12,13,14). The highest BCUT2D eigenvalue weighted by Gasteiger charge is 2.17. The Morgan fingerprint density at radius 3 is 2.26 bits per heavy atom. The summed E-state index contributed by atoms with van der Waals surface area (Å²) in [4.78, 5) is 18.7. The quantitative estimate of drug-likeness (QED) is 0.823. The Hall–Kier alpha value is -1.94. The van der Waals surface area contributed by atoms with Crippen molar-refractivity contribution in [3.63, 3.8) is 0 Å². The third kappa shape index (κ3) is 6.52. The van der Waals surface area contributed by atoms with Gasteiger partial charge in [-0.1, -0.05) is 0 Å². The summed E-state index contributed by atoms with van der Waals surface area (Å²) in [6.07, 6.45) is 1.36. The second-order valence-corrected chi connectivity index (χ2v) is 5.60. The predicted octanol–water partition coefficient (Wildman–Crippen LogP) is 0.406. The highest BCUT2D eigenvalue weighted by Crippen LogP contribution is 2.11. The summed E-state index contributed by atoms with van der Waals surface area (Å²) >= 11 is 0. The van der Waals surface area contributed by atoms with Gasteiger partial charge in [-0.15, -0.1) is 0 Å². The number of hydrogen-bond donors (Lipinski definition) is 2. The third-order valence-electron chi connectivity index (χ3n) is 1.45. The molecule has 0 atom stereocenters. The maximum absolute atomic E-state index is 11.4. The molecule has 3 N–H and O–H groups in total. The first-order valence-electron chi connectivity index (χ1n) is 5.09. The van der Waals surface area contributed by atoms with Gasteiger partial charge in [0.05, 0.1) is 12.4 Å². The Kier molecular flexibility index (Phi) is 4.27. The Morgan fingerprint density at radius 1 is 1.32 bits per heavy atom. The zero-order valence-corrected chi connectivity index (χ0v) is 11.4. The van der Waals surface area contributed by atoms with Crippen LogP contribution in [0.2, 0.25) is 0 Å². The van der Waals surface area contributed by atoms with Crippen LogP contribution >= 0.6 is 0 Å². The Balaban J connectivity index is 2.65. The maximum atomic E-state index is 11.4. The van der Waals surface area contributed by atoms with Crippen molar-refractivity contribution >= 4 is 22.3 Å². The Labute approximate surface area is 110 Å². The van der Waals surface area contributed by atoms with Gasteiger partial charge in [0.1, 0.15) is 5.60 Å². The fourth-order valence-corrected chi connectivity index (χ4v) is 1.31. The minimum absolute atomic E-state index is 0.0592. The lowest BCUT2D eigenvalue weighted by Crippen LogP contribution is -2.27. The molecule has 0 saturated heterocycles. The lowest BCUT2D eigenvalue weighted by molar-refractivity contribution is 0.0634. The minimum Gasteiger partial charge on any atom is -0.444 e. The number of nitrogens with one attached hydrogen (secondary N) is 1. The topological polar surface area (TPSA) is 134 Å². The van der Waals surface area contributed by atoms with E-state index in [0.717, 1.165) is 12.4 Å². The van der Waals surface area contributed by atoms with Gasteiger partial charge in [-0.25, -0.2) is 14.8 Å². The van der Waals surface area contributed by atoms with E-state index in [1.807, 2.05) is 0 Å². The van der Waals surface area contributed by atoms with Gasteiger partial charge in [0.25, 0.3) is 0 Å². The molecule has 0 fully saturated rings. The van der Waals surface area contributed by atoms with Crippen LogP contribution in [0.5, 0.6) is 5.75 Å². The Morgan fingerprint density at radius 2 is 1.84 bits per heavy atom. The second-order valence-electron chi connectivity index (χ2n) is 4.45. The van der Waals surface area contributed by atoms with E-state index in [4.69, 9.17) is 4.74 Å². The van der Waals surface area contributed by atoms with Crippen molar-refractivity contribution in [2.75, 3.05) is 5.32 Å². The molecule has 0 spiro atoms. The van der Waals surface area contributed by atoms with Crippen LogP contribution in [0.15, 0.2) is 12.4 Å². The number of rotatable bonds is 3. The van der Waals surface area contributed by atoms with E-state index >= 15 is 0 Å². The SMILES string of the molecule is CC(C)(C)OC(=O)Nc1ncc(OS(N)(=O)=O)cn1. The molecule has 9 nitrogen and oxygen atoms in total. The van der Waals surface area contributed by atoms with Crippen molar-refractivity contribution in [1.82, 2.24) is 9.97 Å². The number of ether oxygens (including phenoxy) is 1. The summed E-state index contributed by atoms with van der Waals surface area (Å²) in [5.74, 6) is -0.228. The zero-order chi connectivity index (χ0) is 14.7. The molecule has 1 heterocycles. The number of aromatic nitrogens is 2. The highest BCUT2D eigenvalue weighted by atomic mass is 32.2. The number of nitrogens with zero attached hydrogens (tertiary/aromatic N) is 2. The van der Waals surface area contributed by atoms with Gasteiger partial charge in [-0.3, -0.25) is 5.32 Å². The van der Waals surface area contributed by atoms with Gasteiger partial charge in [0.2, 0.25) is 5.95 Å². The van der Waals surface area contributed by atoms with E-state index < -0.39 is 22.0 Å². The van der Waals surface area contributed by atoms with Crippen LogP contribution < -0.4 is 14.6 Å². The van der Waals surface area contributed by atoms with E-state index in [0.29, 0.717) is 0 Å². The van der Waals surface area contributed by atoms with Crippen molar-refractivity contribution in [3.8, 4) is 5.75 Å². The Bertz CT molecular complexity index is 549. The molecular formula is C9H14N4O5S. The van der Waals surface area contributed by atoms with Crippen molar-refractivity contribution in [3.05, 3.63) is 12.4 Å². The van der Waals surface area contributed by atoms with Gasteiger partial charge in [0, 0.05) is 0 Å². The number of amides is 1. The molecule has 0 saturated carbocycles. The average molecular weight is 290 g/mol. The molecule has 0 bridgehead atoms. The van der Waals surface area contributed by atoms with Gasteiger partial charge < -0.3 is 8.92 Å². The maximum Gasteiger partial charge on any atom is 0.414 e. The smallest absolute Gasteiger partial charge is 0.414 e. The van der Waals surface area contributed by atoms with Crippen LogP contribution in [0.3, 0.4) is 0 Å². The van der Waals surface area contributed by atoms with E-state index in [2.05, 4.69) is 24.6 Å². The van der Waals surface area contributed by atoms with Gasteiger partial charge in [0.15, 0.2) is 5.75 Å². The molecule has 0 aliphatic heterocycles. The fraction of sp³-hybridized carbons (Fsp3) is 0.444. The number of anilines is 1. The van der Waals surface area contributed by atoms with Crippen LogP contribution in [-0.2, 0) is 15.0 Å². The molecule has 19 heavy (non-hydrogen) atoms. The lowest BCUT2D eigenvalue weighted by Gasteiger charge is -2.19. The van der Waals surface area contributed by atoms with Crippen LogP contribution in [-0.4, -0.2) is 30.1 Å². The second kappa shape index (κ2) is 5.36. The van der Waals surface area contributed by atoms with Gasteiger partial charge >= 0.3 is 16.4 Å². The monoisotopic (exact) mass is 290 g/mol. The molecule has 106 valence electrons. The molecule has 1 rings (SSSR count). The molecule has 0 aromatic carbocycles. The summed E-state index contributed by atoms with van der Waals surface area (Å²) in [5, 5.41) is 6.93. The number of carbonyl (C=O) groups is 1. The van der Waals surface area contributed by atoms with E-state index in [1.165, 1.54) is 0 Å². The van der Waals surface area contributed by atoms with E-state index in [-0.39, 0.29) is 11.7 Å². The molecule has 0 radical (unpaired) electrons. The highest BCUT2D eigenvalue weighted by molar-refractivity contribution is 7.84. The summed E-state index contributed by atoms with van der Waals surface area (Å²) in [6, 6.07) is 0.